The summed E-state index contributed by atoms with van der Waals surface area (Å²) in [5, 5.41) is 0. The summed E-state index contributed by atoms with van der Waals surface area (Å²) in [4.78, 5) is 0. The van der Waals surface area contributed by atoms with Crippen molar-refractivity contribution in [1.82, 2.24) is 4.31 Å². The van der Waals surface area contributed by atoms with E-state index in [-0.39, 0.29) is 16.8 Å². The van der Waals surface area contributed by atoms with Gasteiger partial charge >= 0.3 is 0 Å². The van der Waals surface area contributed by atoms with Gasteiger partial charge in [0.1, 0.15) is 11.0 Å². The third kappa shape index (κ3) is 2.35. The molecule has 0 saturated carbocycles. The molecule has 1 aliphatic rings. The molecule has 0 aliphatic carbocycles. The minimum absolute atomic E-state index is 0.206. The standard InChI is InChI=1S/C14H19NOS/c1-5-12-13(11-9-7-6-8-10-11)15(12)17(16)14(2,3)4/h5-10,12-13H,1H2,2-4H3/t12-,13-,15?,17?/m1/s1. The summed E-state index contributed by atoms with van der Waals surface area (Å²) >= 11 is 0. The predicted octanol–water partition coefficient (Wildman–Crippen LogP) is 3.06. The van der Waals surface area contributed by atoms with Crippen LogP contribution in [0.5, 0.6) is 0 Å². The van der Waals surface area contributed by atoms with E-state index in [2.05, 4.69) is 18.7 Å². The van der Waals surface area contributed by atoms with Gasteiger partial charge in [-0.05, 0) is 26.3 Å². The summed E-state index contributed by atoms with van der Waals surface area (Å²) in [6.07, 6.45) is 1.89. The van der Waals surface area contributed by atoms with Crippen LogP contribution in [0.3, 0.4) is 0 Å². The SMILES string of the molecule is C=C[C@@H]1[C@@H](c2ccccc2)N1S(=O)C(C)(C)C. The van der Waals surface area contributed by atoms with Crippen molar-refractivity contribution in [2.24, 2.45) is 0 Å². The van der Waals surface area contributed by atoms with Crippen molar-refractivity contribution < 1.29 is 4.21 Å². The van der Waals surface area contributed by atoms with Gasteiger partial charge in [0.25, 0.3) is 0 Å². The van der Waals surface area contributed by atoms with Gasteiger partial charge in [-0.1, -0.05) is 36.4 Å². The maximum absolute atomic E-state index is 12.4. The average Bonchev–Trinajstić information content (AvgIpc) is 3.02. The third-order valence-corrected chi connectivity index (χ3v) is 4.80. The lowest BCUT2D eigenvalue weighted by Crippen LogP contribution is -2.28. The van der Waals surface area contributed by atoms with Crippen molar-refractivity contribution >= 4 is 11.0 Å². The molecule has 0 N–H and O–H groups in total. The van der Waals surface area contributed by atoms with Gasteiger partial charge < -0.3 is 0 Å². The number of hydrogen-bond donors (Lipinski definition) is 0. The van der Waals surface area contributed by atoms with Crippen molar-refractivity contribution in [3.63, 3.8) is 0 Å². The maximum Gasteiger partial charge on any atom is 0.101 e. The van der Waals surface area contributed by atoms with E-state index in [4.69, 9.17) is 0 Å². The first-order valence-electron chi connectivity index (χ1n) is 5.84. The van der Waals surface area contributed by atoms with E-state index in [1.54, 1.807) is 0 Å². The summed E-state index contributed by atoms with van der Waals surface area (Å²) < 4.78 is 14.2. The van der Waals surface area contributed by atoms with Crippen molar-refractivity contribution in [3.05, 3.63) is 48.6 Å². The Hall–Kier alpha value is -0.930. The van der Waals surface area contributed by atoms with E-state index in [9.17, 15) is 4.21 Å². The van der Waals surface area contributed by atoms with E-state index < -0.39 is 11.0 Å². The summed E-state index contributed by atoms with van der Waals surface area (Å²) in [5.41, 5.74) is 1.22. The molecule has 0 amide bonds. The molecule has 1 fully saturated rings. The van der Waals surface area contributed by atoms with Gasteiger partial charge in [-0.25, -0.2) is 8.51 Å². The van der Waals surface area contributed by atoms with Crippen LogP contribution in [0.25, 0.3) is 0 Å². The Morgan fingerprint density at radius 3 is 2.35 bits per heavy atom. The fraction of sp³-hybridized carbons (Fsp3) is 0.429. The zero-order valence-electron chi connectivity index (χ0n) is 10.6. The molecule has 0 spiro atoms. The molecule has 1 saturated heterocycles. The minimum atomic E-state index is -0.976. The minimum Gasteiger partial charge on any atom is -0.242 e. The number of nitrogens with zero attached hydrogens (tertiary/aromatic N) is 1. The van der Waals surface area contributed by atoms with Gasteiger partial charge in [-0.3, -0.25) is 0 Å². The molecule has 92 valence electrons. The molecular formula is C14H19NOS. The molecular weight excluding hydrogens is 230 g/mol. The van der Waals surface area contributed by atoms with Crippen molar-refractivity contribution in [3.8, 4) is 0 Å². The van der Waals surface area contributed by atoms with Gasteiger partial charge in [-0.15, -0.1) is 6.58 Å². The van der Waals surface area contributed by atoms with Crippen LogP contribution >= 0.6 is 0 Å². The summed E-state index contributed by atoms with van der Waals surface area (Å²) in [6.45, 7) is 9.85. The van der Waals surface area contributed by atoms with Crippen LogP contribution in [0.15, 0.2) is 43.0 Å². The van der Waals surface area contributed by atoms with Crippen LogP contribution in [0.4, 0.5) is 0 Å². The zero-order chi connectivity index (χ0) is 12.6. The molecule has 1 aliphatic heterocycles. The molecule has 2 rings (SSSR count). The van der Waals surface area contributed by atoms with Crippen LogP contribution in [0, 0.1) is 0 Å². The fourth-order valence-corrected chi connectivity index (χ4v) is 3.44. The summed E-state index contributed by atoms with van der Waals surface area (Å²) in [5.74, 6) is 0. The second kappa shape index (κ2) is 4.39. The first-order valence-corrected chi connectivity index (χ1v) is 6.95. The lowest BCUT2D eigenvalue weighted by molar-refractivity contribution is 0.603. The van der Waals surface area contributed by atoms with Gasteiger partial charge in [0.15, 0.2) is 0 Å². The highest BCUT2D eigenvalue weighted by atomic mass is 32.2. The van der Waals surface area contributed by atoms with E-state index in [0.717, 1.165) is 0 Å². The maximum atomic E-state index is 12.4. The topological polar surface area (TPSA) is 20.1 Å². The van der Waals surface area contributed by atoms with E-state index >= 15 is 0 Å². The highest BCUT2D eigenvalue weighted by Crippen LogP contribution is 2.47. The largest absolute Gasteiger partial charge is 0.242 e. The zero-order valence-corrected chi connectivity index (χ0v) is 11.4. The van der Waals surface area contributed by atoms with Gasteiger partial charge in [0.05, 0.1) is 16.8 Å². The highest BCUT2D eigenvalue weighted by molar-refractivity contribution is 7.84. The quantitative estimate of drug-likeness (QED) is 0.595. The van der Waals surface area contributed by atoms with E-state index in [1.165, 1.54) is 5.56 Å². The number of rotatable bonds is 3. The first kappa shape index (κ1) is 12.5. The predicted molar refractivity (Wildman–Crippen MR) is 72.9 cm³/mol. The Bertz CT molecular complexity index is 435. The van der Waals surface area contributed by atoms with Crippen LogP contribution < -0.4 is 0 Å². The molecule has 1 aromatic rings. The molecule has 1 aromatic carbocycles. The van der Waals surface area contributed by atoms with Crippen LogP contribution in [0.1, 0.15) is 32.4 Å². The summed E-state index contributed by atoms with van der Waals surface area (Å²) in [7, 11) is -0.976. The van der Waals surface area contributed by atoms with Crippen LogP contribution in [-0.4, -0.2) is 19.3 Å². The van der Waals surface area contributed by atoms with Crippen LogP contribution in [0.2, 0.25) is 0 Å². The van der Waals surface area contributed by atoms with E-state index in [1.807, 2.05) is 49.4 Å². The van der Waals surface area contributed by atoms with Gasteiger partial charge in [0.2, 0.25) is 0 Å². The van der Waals surface area contributed by atoms with Gasteiger partial charge in [-0.2, -0.15) is 0 Å². The van der Waals surface area contributed by atoms with Crippen molar-refractivity contribution in [2.45, 2.75) is 37.6 Å². The molecule has 1 heterocycles. The van der Waals surface area contributed by atoms with Crippen molar-refractivity contribution in [2.75, 3.05) is 0 Å². The van der Waals surface area contributed by atoms with E-state index in [0.29, 0.717) is 0 Å². The Labute approximate surface area is 106 Å². The smallest absolute Gasteiger partial charge is 0.101 e. The van der Waals surface area contributed by atoms with Crippen molar-refractivity contribution in [1.29, 1.82) is 0 Å². The molecule has 17 heavy (non-hydrogen) atoms. The second-order valence-corrected chi connectivity index (χ2v) is 7.45. The first-order chi connectivity index (χ1) is 7.96. The highest BCUT2D eigenvalue weighted by Gasteiger charge is 2.52. The second-order valence-electron chi connectivity index (χ2n) is 5.30. The molecule has 2 nitrogen and oxygen atoms in total. The molecule has 2 unspecified atom stereocenters. The normalized spacial score (nSPS) is 29.7. The lowest BCUT2D eigenvalue weighted by Gasteiger charge is -2.18. The molecule has 0 bridgehead atoms. The third-order valence-electron chi connectivity index (χ3n) is 2.90. The fourth-order valence-electron chi connectivity index (χ4n) is 1.99. The molecule has 4 atom stereocenters. The Morgan fingerprint density at radius 2 is 1.88 bits per heavy atom. The molecule has 0 aromatic heterocycles. The number of hydrogen-bond acceptors (Lipinski definition) is 1. The molecule has 0 radical (unpaired) electrons. The Morgan fingerprint density at radius 1 is 1.29 bits per heavy atom. The lowest BCUT2D eigenvalue weighted by atomic mass is 10.1. The average molecular weight is 249 g/mol. The number of benzene rings is 1. The monoisotopic (exact) mass is 249 g/mol. The summed E-state index contributed by atoms with van der Waals surface area (Å²) in [6, 6.07) is 10.6. The molecule has 3 heteroatoms. The Balaban J connectivity index is 2.22. The Kier molecular flexibility index (Phi) is 3.23. The van der Waals surface area contributed by atoms with Crippen LogP contribution in [-0.2, 0) is 11.0 Å². The van der Waals surface area contributed by atoms with Gasteiger partial charge in [0, 0.05) is 0 Å².